The number of nitrogens with zero attached hydrogens (tertiary/aromatic N) is 3. The minimum absolute atomic E-state index is 0.116. The fraction of sp³-hybridized carbons (Fsp3) is 0.0870. The molecule has 1 amide bonds. The quantitative estimate of drug-likeness (QED) is 0.415. The average molecular weight is 436 g/mol. The Morgan fingerprint density at radius 3 is 2.32 bits per heavy atom. The van der Waals surface area contributed by atoms with E-state index in [0.29, 0.717) is 16.7 Å². The number of para-hydroxylation sites is 1. The molecule has 0 saturated heterocycles. The number of thioether (sulfide) groups is 1. The molecule has 0 fully saturated rings. The fourth-order valence-corrected chi connectivity index (χ4v) is 3.82. The summed E-state index contributed by atoms with van der Waals surface area (Å²) in [7, 11) is 0. The van der Waals surface area contributed by atoms with Gasteiger partial charge in [0.05, 0.1) is 10.9 Å². The monoisotopic (exact) mass is 436 g/mol. The zero-order chi connectivity index (χ0) is 21.8. The van der Waals surface area contributed by atoms with Gasteiger partial charge in [0.1, 0.15) is 11.6 Å². The first-order valence-corrected chi connectivity index (χ1v) is 10.4. The number of anilines is 1. The molecule has 156 valence electrons. The summed E-state index contributed by atoms with van der Waals surface area (Å²) in [6, 6.07) is 21.4. The lowest BCUT2D eigenvalue weighted by Gasteiger charge is -2.14. The average Bonchev–Trinajstić information content (AvgIpc) is 3.20. The molecule has 5 nitrogen and oxygen atoms in total. The van der Waals surface area contributed by atoms with E-state index >= 15 is 0 Å². The number of nitrogens with one attached hydrogen (secondary N) is 1. The van der Waals surface area contributed by atoms with Crippen LogP contribution in [0.2, 0.25) is 0 Å². The van der Waals surface area contributed by atoms with Crippen molar-refractivity contribution in [3.63, 3.8) is 0 Å². The largest absolute Gasteiger partial charge is 0.323 e. The van der Waals surface area contributed by atoms with Gasteiger partial charge < -0.3 is 5.32 Å². The van der Waals surface area contributed by atoms with Crippen molar-refractivity contribution in [1.29, 1.82) is 0 Å². The van der Waals surface area contributed by atoms with E-state index < -0.39 is 11.1 Å². The zero-order valence-electron chi connectivity index (χ0n) is 16.5. The molecule has 0 aliphatic heterocycles. The second kappa shape index (κ2) is 9.09. The highest BCUT2D eigenvalue weighted by Gasteiger charge is 2.22. The molecule has 8 heteroatoms. The van der Waals surface area contributed by atoms with Crippen LogP contribution in [0, 0.1) is 11.6 Å². The summed E-state index contributed by atoms with van der Waals surface area (Å²) >= 11 is 1.18. The van der Waals surface area contributed by atoms with Crippen molar-refractivity contribution < 1.29 is 13.6 Å². The lowest BCUT2D eigenvalue weighted by atomic mass is 10.2. The number of amides is 1. The Labute approximate surface area is 182 Å². The molecule has 4 rings (SSSR count). The van der Waals surface area contributed by atoms with Gasteiger partial charge in [0, 0.05) is 11.3 Å². The van der Waals surface area contributed by atoms with Crippen LogP contribution in [0.3, 0.4) is 0 Å². The predicted octanol–water partition coefficient (Wildman–Crippen LogP) is 5.33. The Kier molecular flexibility index (Phi) is 6.08. The van der Waals surface area contributed by atoms with E-state index in [4.69, 9.17) is 0 Å². The molecule has 0 aliphatic rings. The first-order chi connectivity index (χ1) is 15.0. The van der Waals surface area contributed by atoms with Crippen molar-refractivity contribution in [1.82, 2.24) is 14.8 Å². The van der Waals surface area contributed by atoms with Crippen molar-refractivity contribution >= 4 is 23.4 Å². The van der Waals surface area contributed by atoms with E-state index in [9.17, 15) is 13.6 Å². The van der Waals surface area contributed by atoms with Gasteiger partial charge in [0.15, 0.2) is 11.0 Å². The van der Waals surface area contributed by atoms with Crippen molar-refractivity contribution in [2.45, 2.75) is 17.3 Å². The molecule has 4 aromatic rings. The smallest absolute Gasteiger partial charge is 0.237 e. The Morgan fingerprint density at radius 1 is 0.935 bits per heavy atom. The van der Waals surface area contributed by atoms with Gasteiger partial charge in [-0.1, -0.05) is 54.2 Å². The molecule has 1 unspecified atom stereocenters. The van der Waals surface area contributed by atoms with Crippen molar-refractivity contribution in [3.8, 4) is 17.1 Å². The Hall–Kier alpha value is -3.52. The van der Waals surface area contributed by atoms with Crippen molar-refractivity contribution in [3.05, 3.63) is 90.5 Å². The number of rotatable bonds is 6. The Morgan fingerprint density at radius 2 is 1.61 bits per heavy atom. The highest BCUT2D eigenvalue weighted by molar-refractivity contribution is 8.00. The third-order valence-electron chi connectivity index (χ3n) is 4.53. The summed E-state index contributed by atoms with van der Waals surface area (Å²) in [6.45, 7) is 1.70. The molecular weight excluding hydrogens is 418 g/mol. The number of halogens is 2. The second-order valence-electron chi connectivity index (χ2n) is 6.71. The van der Waals surface area contributed by atoms with E-state index in [1.54, 1.807) is 35.8 Å². The second-order valence-corrected chi connectivity index (χ2v) is 8.02. The molecule has 31 heavy (non-hydrogen) atoms. The number of benzene rings is 3. The van der Waals surface area contributed by atoms with Crippen molar-refractivity contribution in [2.75, 3.05) is 5.32 Å². The number of hydrogen-bond acceptors (Lipinski definition) is 4. The van der Waals surface area contributed by atoms with E-state index in [2.05, 4.69) is 15.5 Å². The van der Waals surface area contributed by atoms with Crippen LogP contribution in [0.25, 0.3) is 17.1 Å². The molecular formula is C23H18F2N4OS. The standard InChI is InChI=1S/C23H18F2N4OS/c1-15(22(30)26-20-10-6-5-9-19(20)25)31-23-28-27-21(16-7-3-2-4-8-16)29(23)18-13-11-17(24)12-14-18/h2-15H,1H3,(H,26,30). The van der Waals surface area contributed by atoms with Crippen LogP contribution in [0.4, 0.5) is 14.5 Å². The molecule has 0 aliphatic carbocycles. The number of hydrogen-bond donors (Lipinski definition) is 1. The molecule has 1 heterocycles. The summed E-state index contributed by atoms with van der Waals surface area (Å²) in [4.78, 5) is 12.6. The lowest BCUT2D eigenvalue weighted by Crippen LogP contribution is -2.23. The van der Waals surface area contributed by atoms with Gasteiger partial charge in [0.25, 0.3) is 0 Å². The van der Waals surface area contributed by atoms with Crippen LogP contribution >= 0.6 is 11.8 Å². The van der Waals surface area contributed by atoms with Crippen LogP contribution in [0.1, 0.15) is 6.92 Å². The molecule has 0 saturated carbocycles. The van der Waals surface area contributed by atoms with Crippen LogP contribution in [-0.2, 0) is 4.79 Å². The summed E-state index contributed by atoms with van der Waals surface area (Å²) in [5.74, 6) is -0.666. The molecule has 0 radical (unpaired) electrons. The van der Waals surface area contributed by atoms with Gasteiger partial charge >= 0.3 is 0 Å². The summed E-state index contributed by atoms with van der Waals surface area (Å²) in [5.41, 5.74) is 1.61. The third kappa shape index (κ3) is 4.64. The zero-order valence-corrected chi connectivity index (χ0v) is 17.3. The first-order valence-electron chi connectivity index (χ1n) is 9.52. The van der Waals surface area contributed by atoms with Crippen molar-refractivity contribution in [2.24, 2.45) is 0 Å². The van der Waals surface area contributed by atoms with Gasteiger partial charge in [-0.3, -0.25) is 9.36 Å². The Bertz CT molecular complexity index is 1200. The SMILES string of the molecule is CC(Sc1nnc(-c2ccccc2)n1-c1ccc(F)cc1)C(=O)Nc1ccccc1F. The number of aromatic nitrogens is 3. The minimum atomic E-state index is -0.591. The predicted molar refractivity (Wildman–Crippen MR) is 117 cm³/mol. The van der Waals surface area contributed by atoms with Crippen LogP contribution < -0.4 is 5.32 Å². The molecule has 1 N–H and O–H groups in total. The molecule has 0 spiro atoms. The minimum Gasteiger partial charge on any atom is -0.323 e. The van der Waals surface area contributed by atoms with E-state index in [-0.39, 0.29) is 17.4 Å². The lowest BCUT2D eigenvalue weighted by molar-refractivity contribution is -0.115. The summed E-state index contributed by atoms with van der Waals surface area (Å²) in [6.07, 6.45) is 0. The van der Waals surface area contributed by atoms with Crippen LogP contribution in [0.15, 0.2) is 84.0 Å². The molecule has 3 aromatic carbocycles. The Balaban J connectivity index is 1.65. The molecule has 0 bridgehead atoms. The number of carbonyl (C=O) groups excluding carboxylic acids is 1. The molecule has 1 aromatic heterocycles. The van der Waals surface area contributed by atoms with Gasteiger partial charge in [-0.05, 0) is 43.3 Å². The van der Waals surface area contributed by atoms with Gasteiger partial charge in [-0.25, -0.2) is 8.78 Å². The summed E-state index contributed by atoms with van der Waals surface area (Å²) < 4.78 is 29.1. The van der Waals surface area contributed by atoms with Gasteiger partial charge in [0.2, 0.25) is 5.91 Å². The van der Waals surface area contributed by atoms with Crippen LogP contribution in [0.5, 0.6) is 0 Å². The van der Waals surface area contributed by atoms with Crippen LogP contribution in [-0.4, -0.2) is 25.9 Å². The number of carbonyl (C=O) groups is 1. The maximum absolute atomic E-state index is 13.9. The maximum atomic E-state index is 13.9. The first kappa shape index (κ1) is 20.7. The highest BCUT2D eigenvalue weighted by atomic mass is 32.2. The summed E-state index contributed by atoms with van der Waals surface area (Å²) in [5, 5.41) is 11.0. The molecule has 1 atom stereocenters. The normalized spacial score (nSPS) is 11.8. The fourth-order valence-electron chi connectivity index (χ4n) is 2.95. The third-order valence-corrected chi connectivity index (χ3v) is 5.58. The maximum Gasteiger partial charge on any atom is 0.237 e. The van der Waals surface area contributed by atoms with E-state index in [1.165, 1.54) is 36.0 Å². The van der Waals surface area contributed by atoms with Gasteiger partial charge in [-0.2, -0.15) is 0 Å². The topological polar surface area (TPSA) is 59.8 Å². The highest BCUT2D eigenvalue weighted by Crippen LogP contribution is 2.30. The van der Waals surface area contributed by atoms with E-state index in [1.807, 2.05) is 30.3 Å². The van der Waals surface area contributed by atoms with E-state index in [0.717, 1.165) is 5.56 Å². The van der Waals surface area contributed by atoms with Gasteiger partial charge in [-0.15, -0.1) is 10.2 Å².